The van der Waals surface area contributed by atoms with Crippen molar-refractivity contribution in [2.45, 2.75) is 13.0 Å². The smallest absolute Gasteiger partial charge is 0.265 e. The highest BCUT2D eigenvalue weighted by Crippen LogP contribution is 2.34. The number of rotatable bonds is 6. The zero-order chi connectivity index (χ0) is 22.5. The molecular formula is C22H16Cl3FN2O3. The Morgan fingerprint density at radius 3 is 2.06 bits per heavy atom. The van der Waals surface area contributed by atoms with Crippen LogP contribution in [0.2, 0.25) is 15.1 Å². The average molecular weight is 482 g/mol. The van der Waals surface area contributed by atoms with Crippen LogP contribution in [0, 0.1) is 5.82 Å². The number of amides is 2. The van der Waals surface area contributed by atoms with Crippen molar-refractivity contribution in [3.8, 4) is 5.75 Å². The molecule has 9 heteroatoms. The van der Waals surface area contributed by atoms with E-state index in [4.69, 9.17) is 39.5 Å². The van der Waals surface area contributed by atoms with E-state index in [1.54, 1.807) is 19.1 Å². The first-order valence-electron chi connectivity index (χ1n) is 9.02. The minimum atomic E-state index is -0.823. The van der Waals surface area contributed by atoms with Gasteiger partial charge in [0.25, 0.3) is 11.8 Å². The number of halogens is 4. The number of carbonyl (C=O) groups is 2. The molecule has 0 aliphatic rings. The van der Waals surface area contributed by atoms with Crippen LogP contribution < -0.4 is 15.4 Å². The standard InChI is InChI=1S/C22H16Cl3FN2O3/c1-12(21(29)27-16-6-4-15(26)5-7-16)31-17-8-2-13(3-9-17)22(30)28-20-18(24)10-14(23)11-19(20)25/h2-12H,1H3,(H,27,29)(H,28,30). The Labute approximate surface area is 193 Å². The van der Waals surface area contributed by atoms with Crippen LogP contribution in [0.25, 0.3) is 0 Å². The predicted molar refractivity (Wildman–Crippen MR) is 121 cm³/mol. The summed E-state index contributed by atoms with van der Waals surface area (Å²) in [5.74, 6) is -0.840. The third-order valence-corrected chi connectivity index (χ3v) is 4.97. The third kappa shape index (κ3) is 6.10. The van der Waals surface area contributed by atoms with Gasteiger partial charge in [-0.1, -0.05) is 34.8 Å². The minimum Gasteiger partial charge on any atom is -0.481 e. The molecule has 0 fully saturated rings. The average Bonchev–Trinajstić information content (AvgIpc) is 2.72. The van der Waals surface area contributed by atoms with Gasteiger partial charge >= 0.3 is 0 Å². The van der Waals surface area contributed by atoms with Crippen molar-refractivity contribution in [1.82, 2.24) is 0 Å². The van der Waals surface area contributed by atoms with E-state index in [0.29, 0.717) is 22.0 Å². The molecule has 0 aliphatic heterocycles. The van der Waals surface area contributed by atoms with E-state index in [2.05, 4.69) is 10.6 Å². The molecule has 0 saturated carbocycles. The van der Waals surface area contributed by atoms with Gasteiger partial charge in [0.05, 0.1) is 15.7 Å². The largest absolute Gasteiger partial charge is 0.481 e. The highest BCUT2D eigenvalue weighted by Gasteiger charge is 2.16. The number of hydrogen-bond acceptors (Lipinski definition) is 3. The molecule has 31 heavy (non-hydrogen) atoms. The molecule has 1 atom stereocenters. The molecule has 0 aromatic heterocycles. The second-order valence-electron chi connectivity index (χ2n) is 6.48. The lowest BCUT2D eigenvalue weighted by atomic mass is 10.2. The summed E-state index contributed by atoms with van der Waals surface area (Å²) in [5.41, 5.74) is 1.04. The highest BCUT2D eigenvalue weighted by molar-refractivity contribution is 6.42. The van der Waals surface area contributed by atoms with E-state index in [-0.39, 0.29) is 15.7 Å². The number of nitrogens with one attached hydrogen (secondary N) is 2. The van der Waals surface area contributed by atoms with Crippen LogP contribution in [0.3, 0.4) is 0 Å². The summed E-state index contributed by atoms with van der Waals surface area (Å²) in [5, 5.41) is 6.05. The molecular weight excluding hydrogens is 466 g/mol. The quantitative estimate of drug-likeness (QED) is 0.425. The van der Waals surface area contributed by atoms with Gasteiger partial charge in [-0.15, -0.1) is 0 Å². The van der Waals surface area contributed by atoms with Crippen molar-refractivity contribution >= 4 is 58.0 Å². The Kier molecular flexibility index (Phi) is 7.38. The molecule has 0 saturated heterocycles. The van der Waals surface area contributed by atoms with E-state index >= 15 is 0 Å². The molecule has 3 aromatic rings. The summed E-state index contributed by atoms with van der Waals surface area (Å²) in [6.07, 6.45) is -0.823. The molecule has 1 unspecified atom stereocenters. The highest BCUT2D eigenvalue weighted by atomic mass is 35.5. The maximum absolute atomic E-state index is 13.0. The summed E-state index contributed by atoms with van der Waals surface area (Å²) >= 11 is 18.0. The van der Waals surface area contributed by atoms with E-state index in [9.17, 15) is 14.0 Å². The maximum Gasteiger partial charge on any atom is 0.265 e. The van der Waals surface area contributed by atoms with Crippen LogP contribution in [0.5, 0.6) is 5.75 Å². The summed E-state index contributed by atoms with van der Waals surface area (Å²) in [6, 6.07) is 14.5. The summed E-state index contributed by atoms with van der Waals surface area (Å²) in [6.45, 7) is 1.57. The van der Waals surface area contributed by atoms with Crippen LogP contribution in [-0.4, -0.2) is 17.9 Å². The normalized spacial score (nSPS) is 11.5. The molecule has 3 aromatic carbocycles. The van der Waals surface area contributed by atoms with Crippen LogP contribution in [0.15, 0.2) is 60.7 Å². The fourth-order valence-electron chi connectivity index (χ4n) is 2.57. The fourth-order valence-corrected chi connectivity index (χ4v) is 3.48. The lowest BCUT2D eigenvalue weighted by Gasteiger charge is -2.15. The van der Waals surface area contributed by atoms with Crippen molar-refractivity contribution in [1.29, 1.82) is 0 Å². The summed E-state index contributed by atoms with van der Waals surface area (Å²) in [7, 11) is 0. The van der Waals surface area contributed by atoms with Crippen molar-refractivity contribution < 1.29 is 18.7 Å². The first-order chi connectivity index (χ1) is 14.7. The van der Waals surface area contributed by atoms with Gasteiger partial charge in [0.1, 0.15) is 11.6 Å². The van der Waals surface area contributed by atoms with Gasteiger partial charge in [-0.2, -0.15) is 0 Å². The van der Waals surface area contributed by atoms with Crippen molar-refractivity contribution in [2.24, 2.45) is 0 Å². The second kappa shape index (κ2) is 10.0. The Hall–Kier alpha value is -2.80. The van der Waals surface area contributed by atoms with Gasteiger partial charge in [-0.05, 0) is 67.6 Å². The summed E-state index contributed by atoms with van der Waals surface area (Å²) < 4.78 is 18.6. The number of ether oxygens (including phenoxy) is 1. The number of benzene rings is 3. The minimum absolute atomic E-state index is 0.215. The van der Waals surface area contributed by atoms with Gasteiger partial charge in [-0.3, -0.25) is 9.59 Å². The lowest BCUT2D eigenvalue weighted by molar-refractivity contribution is -0.122. The molecule has 3 rings (SSSR count). The Balaban J connectivity index is 1.61. The van der Waals surface area contributed by atoms with Gasteiger partial charge in [-0.25, -0.2) is 4.39 Å². The first-order valence-corrected chi connectivity index (χ1v) is 10.2. The zero-order valence-corrected chi connectivity index (χ0v) is 18.4. The molecule has 0 radical (unpaired) electrons. The SMILES string of the molecule is CC(Oc1ccc(C(=O)Nc2c(Cl)cc(Cl)cc2Cl)cc1)C(=O)Nc1ccc(F)cc1. The molecule has 160 valence electrons. The van der Waals surface area contributed by atoms with Crippen molar-refractivity contribution in [3.63, 3.8) is 0 Å². The predicted octanol–water partition coefficient (Wildman–Crippen LogP) is 6.44. The van der Waals surface area contributed by atoms with E-state index in [1.165, 1.54) is 48.5 Å². The van der Waals surface area contributed by atoms with Crippen molar-refractivity contribution in [3.05, 3.63) is 87.1 Å². The fraction of sp³-hybridized carbons (Fsp3) is 0.0909. The lowest BCUT2D eigenvalue weighted by Crippen LogP contribution is -2.30. The van der Waals surface area contributed by atoms with Gasteiger partial charge < -0.3 is 15.4 Å². The molecule has 0 heterocycles. The third-order valence-electron chi connectivity index (χ3n) is 4.16. The van der Waals surface area contributed by atoms with Crippen molar-refractivity contribution in [2.75, 3.05) is 10.6 Å². The molecule has 2 N–H and O–H groups in total. The molecule has 0 bridgehead atoms. The van der Waals surface area contributed by atoms with E-state index < -0.39 is 23.7 Å². The topological polar surface area (TPSA) is 67.4 Å². The Bertz CT molecular complexity index is 1080. The summed E-state index contributed by atoms with van der Waals surface area (Å²) in [4.78, 5) is 24.7. The molecule has 0 spiro atoms. The van der Waals surface area contributed by atoms with Crippen LogP contribution in [-0.2, 0) is 4.79 Å². The molecule has 0 aliphatic carbocycles. The molecule has 2 amide bonds. The number of anilines is 2. The van der Waals surface area contributed by atoms with Gasteiger partial charge in [0.15, 0.2) is 6.10 Å². The van der Waals surface area contributed by atoms with Crippen LogP contribution in [0.4, 0.5) is 15.8 Å². The van der Waals surface area contributed by atoms with Crippen LogP contribution in [0.1, 0.15) is 17.3 Å². The van der Waals surface area contributed by atoms with E-state index in [0.717, 1.165) is 0 Å². The van der Waals surface area contributed by atoms with Crippen LogP contribution >= 0.6 is 34.8 Å². The Morgan fingerprint density at radius 2 is 1.48 bits per heavy atom. The monoisotopic (exact) mass is 480 g/mol. The zero-order valence-electron chi connectivity index (χ0n) is 16.1. The van der Waals surface area contributed by atoms with Gasteiger partial charge in [0, 0.05) is 16.3 Å². The Morgan fingerprint density at radius 1 is 0.903 bits per heavy atom. The molecule has 5 nitrogen and oxygen atoms in total. The number of hydrogen-bond donors (Lipinski definition) is 2. The second-order valence-corrected chi connectivity index (χ2v) is 7.73. The van der Waals surface area contributed by atoms with Gasteiger partial charge in [0.2, 0.25) is 0 Å². The van der Waals surface area contributed by atoms with E-state index in [1.807, 2.05) is 0 Å². The number of carbonyl (C=O) groups excluding carboxylic acids is 2. The first kappa shape index (κ1) is 22.9. The maximum atomic E-state index is 13.0.